The minimum absolute atomic E-state index is 0.0598. The molecule has 11 heteroatoms. The first-order valence-corrected chi connectivity index (χ1v) is 20.1. The minimum Gasteiger partial charge on any atom is -0.341 e. The SMILES string of the molecule is O=C(Cc1ccccn1)N1CCCC1c1nc2ccc(-c3ccc(-c4ccc5nc(C6SC7C6CCCN7C(=O)Cc6ccccn6)[nH]c5c4)cc3)cc2[nH]1. The third kappa shape index (κ3) is 6.46. The van der Waals surface area contributed by atoms with Crippen molar-refractivity contribution in [2.24, 2.45) is 5.92 Å². The summed E-state index contributed by atoms with van der Waals surface area (Å²) in [6.45, 7) is 1.54. The van der Waals surface area contributed by atoms with Crippen LogP contribution in [-0.4, -0.2) is 70.0 Å². The second-order valence-electron chi connectivity index (χ2n) is 14.9. The number of imidazole rings is 2. The third-order valence-electron chi connectivity index (χ3n) is 11.4. The lowest BCUT2D eigenvalue weighted by atomic mass is 9.92. The van der Waals surface area contributed by atoms with Crippen molar-refractivity contribution < 1.29 is 9.59 Å². The summed E-state index contributed by atoms with van der Waals surface area (Å²) >= 11 is 1.85. The van der Waals surface area contributed by atoms with Crippen molar-refractivity contribution in [3.8, 4) is 22.3 Å². The first-order chi connectivity index (χ1) is 27.0. The van der Waals surface area contributed by atoms with Crippen molar-refractivity contribution in [3.05, 3.63) is 132 Å². The van der Waals surface area contributed by atoms with E-state index in [1.807, 2.05) is 53.1 Å². The quantitative estimate of drug-likeness (QED) is 0.161. The van der Waals surface area contributed by atoms with E-state index >= 15 is 0 Å². The molecule has 3 fully saturated rings. The lowest BCUT2D eigenvalue weighted by Crippen LogP contribution is -2.54. The molecule has 10 rings (SSSR count). The number of fused-ring (bicyclic) bond motifs is 3. The standard InChI is InChI=1S/C44H40N8O2S/c53-39(25-31-7-1-3-19-45-31)51-21-6-10-38(51)42-47-34-17-15-29(23-36(34)49-42)27-11-13-28(14-12-27)30-16-18-35-37(24-30)50-43(48-35)41-33-9-5-22-52(44(33)55-41)40(54)26-32-8-2-4-20-46-32/h1-4,7-8,11-20,23-24,33,38,41,44H,5-6,9-10,21-22,25-26H2,(H,47,49)(H,48,50). The minimum atomic E-state index is -0.0598. The number of pyridine rings is 2. The maximum absolute atomic E-state index is 13.2. The molecule has 3 aromatic carbocycles. The van der Waals surface area contributed by atoms with Gasteiger partial charge < -0.3 is 19.8 Å². The molecule has 4 atom stereocenters. The fraction of sp³-hybridized carbons (Fsp3) is 0.273. The van der Waals surface area contributed by atoms with Crippen LogP contribution in [0.1, 0.15) is 60.0 Å². The van der Waals surface area contributed by atoms with Crippen LogP contribution in [-0.2, 0) is 22.4 Å². The van der Waals surface area contributed by atoms with E-state index in [-0.39, 0.29) is 28.5 Å². The number of thioether (sulfide) groups is 1. The number of aromatic amines is 2. The highest BCUT2D eigenvalue weighted by Gasteiger charge is 2.50. The van der Waals surface area contributed by atoms with E-state index in [2.05, 4.69) is 85.5 Å². The molecular weight excluding hydrogens is 705 g/mol. The number of nitrogens with one attached hydrogen (secondary N) is 2. The lowest BCUT2D eigenvalue weighted by Gasteiger charge is -2.52. The number of H-pyrrole nitrogens is 2. The van der Waals surface area contributed by atoms with Gasteiger partial charge in [0.05, 0.1) is 51.6 Å². The van der Waals surface area contributed by atoms with E-state index in [0.29, 0.717) is 18.8 Å². The molecular formula is C44H40N8O2S. The van der Waals surface area contributed by atoms with Gasteiger partial charge >= 0.3 is 0 Å². The van der Waals surface area contributed by atoms with Gasteiger partial charge in [0.25, 0.3) is 0 Å². The summed E-state index contributed by atoms with van der Waals surface area (Å²) < 4.78 is 0. The first-order valence-electron chi connectivity index (χ1n) is 19.2. The maximum Gasteiger partial charge on any atom is 0.229 e. The molecule has 0 spiro atoms. The molecule has 274 valence electrons. The number of piperidine rings is 1. The Balaban J connectivity index is 0.818. The van der Waals surface area contributed by atoms with Gasteiger partial charge in [0.15, 0.2) is 0 Å². The average molecular weight is 745 g/mol. The molecule has 3 aliphatic rings. The molecule has 10 nitrogen and oxygen atoms in total. The van der Waals surface area contributed by atoms with Gasteiger partial charge in [-0.15, -0.1) is 11.8 Å². The number of hydrogen-bond donors (Lipinski definition) is 2. The summed E-state index contributed by atoms with van der Waals surface area (Å²) in [5.41, 5.74) is 9.96. The van der Waals surface area contributed by atoms with Crippen molar-refractivity contribution in [2.45, 2.75) is 55.2 Å². The number of carbonyl (C=O) groups is 2. The number of hydrogen-bond acceptors (Lipinski definition) is 7. The monoisotopic (exact) mass is 744 g/mol. The van der Waals surface area contributed by atoms with Gasteiger partial charge in [-0.3, -0.25) is 19.6 Å². The molecule has 0 radical (unpaired) electrons. The summed E-state index contributed by atoms with van der Waals surface area (Å²) in [6, 6.07) is 32.8. The maximum atomic E-state index is 13.2. The van der Waals surface area contributed by atoms with Gasteiger partial charge in [-0.2, -0.15) is 0 Å². The highest BCUT2D eigenvalue weighted by Crippen LogP contribution is 2.57. The van der Waals surface area contributed by atoms with Gasteiger partial charge in [0, 0.05) is 42.8 Å². The molecule has 0 aliphatic carbocycles. The van der Waals surface area contributed by atoms with Gasteiger partial charge in [0.2, 0.25) is 11.8 Å². The molecule has 3 aliphatic heterocycles. The Morgan fingerprint density at radius 1 is 0.636 bits per heavy atom. The van der Waals surface area contributed by atoms with Gasteiger partial charge in [0.1, 0.15) is 11.6 Å². The zero-order valence-corrected chi connectivity index (χ0v) is 31.1. The van der Waals surface area contributed by atoms with Crippen LogP contribution in [0, 0.1) is 5.92 Å². The number of benzene rings is 3. The Bertz CT molecular complexity index is 2520. The number of carbonyl (C=O) groups excluding carboxylic acids is 2. The summed E-state index contributed by atoms with van der Waals surface area (Å²) in [5.74, 6) is 2.49. The van der Waals surface area contributed by atoms with Crippen LogP contribution in [0.25, 0.3) is 44.3 Å². The summed E-state index contributed by atoms with van der Waals surface area (Å²) in [7, 11) is 0. The van der Waals surface area contributed by atoms with Gasteiger partial charge in [-0.05, 0) is 96.5 Å². The van der Waals surface area contributed by atoms with Crippen LogP contribution in [0.4, 0.5) is 0 Å². The molecule has 4 aromatic heterocycles. The van der Waals surface area contributed by atoms with E-state index in [9.17, 15) is 9.59 Å². The lowest BCUT2D eigenvalue weighted by molar-refractivity contribution is -0.134. The normalized spacial score (nSPS) is 20.8. The van der Waals surface area contributed by atoms with Crippen molar-refractivity contribution in [1.82, 2.24) is 39.7 Å². The first kappa shape index (κ1) is 33.7. The predicted octanol–water partition coefficient (Wildman–Crippen LogP) is 8.06. The van der Waals surface area contributed by atoms with Gasteiger partial charge in [-0.25, -0.2) is 9.97 Å². The summed E-state index contributed by atoms with van der Waals surface area (Å²) in [5, 5.41) is 0.454. The second-order valence-corrected chi connectivity index (χ2v) is 16.1. The van der Waals surface area contributed by atoms with E-state index in [0.717, 1.165) is 106 Å². The van der Waals surface area contributed by atoms with Crippen LogP contribution >= 0.6 is 11.8 Å². The Morgan fingerprint density at radius 2 is 1.18 bits per heavy atom. The molecule has 2 N–H and O–H groups in total. The molecule has 0 saturated carbocycles. The molecule has 4 unspecified atom stereocenters. The number of aromatic nitrogens is 6. The summed E-state index contributed by atoms with van der Waals surface area (Å²) in [4.78, 5) is 56.3. The highest BCUT2D eigenvalue weighted by atomic mass is 32.2. The van der Waals surface area contributed by atoms with Crippen molar-refractivity contribution in [2.75, 3.05) is 13.1 Å². The van der Waals surface area contributed by atoms with Crippen LogP contribution in [0.15, 0.2) is 109 Å². The number of likely N-dealkylation sites (tertiary alicyclic amines) is 2. The third-order valence-corrected chi connectivity index (χ3v) is 13.2. The fourth-order valence-electron chi connectivity index (χ4n) is 8.60. The molecule has 55 heavy (non-hydrogen) atoms. The fourth-order valence-corrected chi connectivity index (χ4v) is 10.2. The molecule has 7 heterocycles. The number of rotatable bonds is 8. The van der Waals surface area contributed by atoms with E-state index in [4.69, 9.17) is 9.97 Å². The van der Waals surface area contributed by atoms with E-state index in [1.165, 1.54) is 0 Å². The smallest absolute Gasteiger partial charge is 0.229 e. The number of nitrogens with zero attached hydrogens (tertiary/aromatic N) is 6. The molecule has 7 aromatic rings. The molecule has 3 saturated heterocycles. The van der Waals surface area contributed by atoms with E-state index in [1.54, 1.807) is 12.4 Å². The zero-order valence-electron chi connectivity index (χ0n) is 30.3. The zero-order chi connectivity index (χ0) is 36.9. The summed E-state index contributed by atoms with van der Waals surface area (Å²) in [6.07, 6.45) is 8.09. The van der Waals surface area contributed by atoms with Crippen LogP contribution in [0.5, 0.6) is 0 Å². The molecule has 0 bridgehead atoms. The van der Waals surface area contributed by atoms with Gasteiger partial charge in [-0.1, -0.05) is 48.5 Å². The van der Waals surface area contributed by atoms with Crippen molar-refractivity contribution >= 4 is 45.6 Å². The van der Waals surface area contributed by atoms with E-state index < -0.39 is 0 Å². The average Bonchev–Trinajstić information content (AvgIpc) is 3.97. The Hall–Kier alpha value is -5.81. The number of amides is 2. The van der Waals surface area contributed by atoms with Crippen molar-refractivity contribution in [3.63, 3.8) is 0 Å². The van der Waals surface area contributed by atoms with Crippen LogP contribution in [0.2, 0.25) is 0 Å². The Kier molecular flexibility index (Phi) is 8.66. The molecule has 2 amide bonds. The van der Waals surface area contributed by atoms with Crippen LogP contribution < -0.4 is 0 Å². The van der Waals surface area contributed by atoms with Crippen LogP contribution in [0.3, 0.4) is 0 Å². The second kappa shape index (κ2) is 14.1. The Morgan fingerprint density at radius 3 is 1.80 bits per heavy atom. The van der Waals surface area contributed by atoms with Crippen molar-refractivity contribution in [1.29, 1.82) is 0 Å². The Labute approximate surface area is 322 Å². The topological polar surface area (TPSA) is 124 Å². The highest BCUT2D eigenvalue weighted by molar-refractivity contribution is 8.01. The largest absolute Gasteiger partial charge is 0.341 e. The predicted molar refractivity (Wildman–Crippen MR) is 215 cm³/mol.